The molecule has 1 fully saturated rings. The van der Waals surface area contributed by atoms with Gasteiger partial charge in [0.2, 0.25) is 0 Å². The maximum Gasteiger partial charge on any atom is 0.410 e. The van der Waals surface area contributed by atoms with E-state index in [9.17, 15) is 9.18 Å². The molecule has 1 aliphatic rings. The zero-order valence-corrected chi connectivity index (χ0v) is 14.7. The summed E-state index contributed by atoms with van der Waals surface area (Å²) in [5.74, 6) is -0.352. The number of aromatic nitrogens is 1. The highest BCUT2D eigenvalue weighted by atomic mass is 35.5. The largest absolute Gasteiger partial charge is 0.444 e. The Morgan fingerprint density at radius 1 is 1.38 bits per heavy atom. The number of amides is 1. The Bertz CT molecular complexity index is 788. The van der Waals surface area contributed by atoms with Crippen molar-refractivity contribution in [2.24, 2.45) is 0 Å². The third kappa shape index (κ3) is 3.46. The first-order chi connectivity index (χ1) is 11.2. The van der Waals surface area contributed by atoms with Crippen molar-refractivity contribution in [3.8, 4) is 0 Å². The minimum absolute atomic E-state index is 0.172. The highest BCUT2D eigenvalue weighted by Gasteiger charge is 2.34. The topological polar surface area (TPSA) is 42.4 Å². The van der Waals surface area contributed by atoms with E-state index in [1.165, 1.54) is 12.1 Å². The summed E-state index contributed by atoms with van der Waals surface area (Å²) in [5, 5.41) is 1.10. The minimum Gasteiger partial charge on any atom is -0.444 e. The molecule has 1 amide bonds. The van der Waals surface area contributed by atoms with Crippen molar-refractivity contribution in [1.29, 1.82) is 0 Å². The van der Waals surface area contributed by atoms with Crippen LogP contribution in [0.5, 0.6) is 0 Å². The van der Waals surface area contributed by atoms with Crippen LogP contribution in [-0.4, -0.2) is 28.1 Å². The highest BCUT2D eigenvalue weighted by Crippen LogP contribution is 2.37. The lowest BCUT2D eigenvalue weighted by Crippen LogP contribution is -2.36. The van der Waals surface area contributed by atoms with Gasteiger partial charge in [-0.1, -0.05) is 11.6 Å². The fourth-order valence-corrected chi connectivity index (χ4v) is 3.27. The lowest BCUT2D eigenvalue weighted by molar-refractivity contribution is 0.0224. The second-order valence-electron chi connectivity index (χ2n) is 7.04. The third-order valence-corrected chi connectivity index (χ3v) is 4.30. The molecule has 1 unspecified atom stereocenters. The van der Waals surface area contributed by atoms with Gasteiger partial charge in [-0.15, -0.1) is 0 Å². The molecule has 128 valence electrons. The SMILES string of the molecule is CC(C)(C)OC(=O)N1CCCC1c1cc2ccc(F)cc2nc1Cl. The fraction of sp³-hybridized carbons (Fsp3) is 0.444. The van der Waals surface area contributed by atoms with Gasteiger partial charge in [-0.25, -0.2) is 14.2 Å². The highest BCUT2D eigenvalue weighted by molar-refractivity contribution is 6.30. The van der Waals surface area contributed by atoms with E-state index in [0.717, 1.165) is 23.8 Å². The maximum absolute atomic E-state index is 13.3. The summed E-state index contributed by atoms with van der Waals surface area (Å²) in [6, 6.07) is 6.13. The van der Waals surface area contributed by atoms with Gasteiger partial charge in [0.25, 0.3) is 0 Å². The lowest BCUT2D eigenvalue weighted by atomic mass is 10.0. The molecule has 4 nitrogen and oxygen atoms in total. The van der Waals surface area contributed by atoms with Gasteiger partial charge < -0.3 is 9.64 Å². The quantitative estimate of drug-likeness (QED) is 0.672. The number of benzene rings is 1. The van der Waals surface area contributed by atoms with E-state index >= 15 is 0 Å². The van der Waals surface area contributed by atoms with Crippen molar-refractivity contribution in [3.05, 3.63) is 40.8 Å². The first-order valence-electron chi connectivity index (χ1n) is 8.00. The molecule has 1 saturated heterocycles. The average molecular weight is 351 g/mol. The molecule has 0 saturated carbocycles. The molecule has 6 heteroatoms. The normalized spacial score (nSPS) is 18.2. The lowest BCUT2D eigenvalue weighted by Gasteiger charge is -2.29. The molecule has 24 heavy (non-hydrogen) atoms. The Morgan fingerprint density at radius 3 is 2.83 bits per heavy atom. The monoisotopic (exact) mass is 350 g/mol. The molecule has 1 aliphatic heterocycles. The second-order valence-corrected chi connectivity index (χ2v) is 7.40. The van der Waals surface area contributed by atoms with E-state index in [4.69, 9.17) is 16.3 Å². The molecular formula is C18H20ClFN2O2. The van der Waals surface area contributed by atoms with Gasteiger partial charge in [-0.2, -0.15) is 0 Å². The number of hydrogen-bond acceptors (Lipinski definition) is 3. The number of rotatable bonds is 1. The Morgan fingerprint density at radius 2 is 2.12 bits per heavy atom. The molecular weight excluding hydrogens is 331 g/mol. The number of hydrogen-bond donors (Lipinski definition) is 0. The molecule has 0 spiro atoms. The molecule has 2 aromatic rings. The van der Waals surface area contributed by atoms with Crippen LogP contribution in [0, 0.1) is 5.82 Å². The van der Waals surface area contributed by atoms with E-state index in [-0.39, 0.29) is 18.0 Å². The summed E-state index contributed by atoms with van der Waals surface area (Å²) in [7, 11) is 0. The van der Waals surface area contributed by atoms with Gasteiger partial charge in [0.05, 0.1) is 11.6 Å². The molecule has 1 aromatic heterocycles. The summed E-state index contributed by atoms with van der Waals surface area (Å²) in [5.41, 5.74) is 0.734. The van der Waals surface area contributed by atoms with Crippen LogP contribution in [0.1, 0.15) is 45.2 Å². The second kappa shape index (κ2) is 6.20. The zero-order chi connectivity index (χ0) is 17.5. The minimum atomic E-state index is -0.548. The van der Waals surface area contributed by atoms with Crippen LogP contribution in [0.3, 0.4) is 0 Å². The third-order valence-electron chi connectivity index (χ3n) is 4.00. The number of fused-ring (bicyclic) bond motifs is 1. The summed E-state index contributed by atoms with van der Waals surface area (Å²) in [6.45, 7) is 6.15. The van der Waals surface area contributed by atoms with Crippen LogP contribution in [0.2, 0.25) is 5.15 Å². The number of pyridine rings is 1. The van der Waals surface area contributed by atoms with Gasteiger partial charge in [-0.05, 0) is 51.8 Å². The van der Waals surface area contributed by atoms with Crippen LogP contribution in [-0.2, 0) is 4.74 Å². The smallest absolute Gasteiger partial charge is 0.410 e. The molecule has 3 rings (SSSR count). The number of halogens is 2. The van der Waals surface area contributed by atoms with Crippen LogP contribution >= 0.6 is 11.6 Å². The van der Waals surface area contributed by atoms with Crippen LogP contribution in [0.4, 0.5) is 9.18 Å². The molecule has 0 N–H and O–H groups in total. The number of likely N-dealkylation sites (tertiary alicyclic amines) is 1. The van der Waals surface area contributed by atoms with Crippen LogP contribution in [0.15, 0.2) is 24.3 Å². The van der Waals surface area contributed by atoms with Gasteiger partial charge in [0, 0.05) is 23.6 Å². The van der Waals surface area contributed by atoms with E-state index in [2.05, 4.69) is 4.98 Å². The van der Waals surface area contributed by atoms with E-state index < -0.39 is 5.60 Å². The van der Waals surface area contributed by atoms with Crippen molar-refractivity contribution in [1.82, 2.24) is 9.88 Å². The van der Waals surface area contributed by atoms with Gasteiger partial charge >= 0.3 is 6.09 Å². The Balaban J connectivity index is 1.95. The fourth-order valence-electron chi connectivity index (χ4n) is 3.00. The first-order valence-corrected chi connectivity index (χ1v) is 8.38. The number of carbonyl (C=O) groups excluding carboxylic acids is 1. The molecule has 0 radical (unpaired) electrons. The Labute approximate surface area is 145 Å². The van der Waals surface area contributed by atoms with Crippen molar-refractivity contribution >= 4 is 28.6 Å². The van der Waals surface area contributed by atoms with Gasteiger partial charge in [0.15, 0.2) is 0 Å². The van der Waals surface area contributed by atoms with E-state index in [0.29, 0.717) is 17.2 Å². The predicted molar refractivity (Wildman–Crippen MR) is 91.6 cm³/mol. The molecule has 1 aromatic carbocycles. The summed E-state index contributed by atoms with van der Waals surface area (Å²) in [4.78, 5) is 18.4. The number of carbonyl (C=O) groups is 1. The molecule has 1 atom stereocenters. The van der Waals surface area contributed by atoms with Gasteiger partial charge in [-0.3, -0.25) is 0 Å². The van der Waals surface area contributed by atoms with Crippen molar-refractivity contribution in [2.75, 3.05) is 6.54 Å². The zero-order valence-electron chi connectivity index (χ0n) is 14.0. The van der Waals surface area contributed by atoms with E-state index in [1.54, 1.807) is 11.0 Å². The summed E-state index contributed by atoms with van der Waals surface area (Å²) in [6.07, 6.45) is 1.33. The number of ether oxygens (including phenoxy) is 1. The predicted octanol–water partition coefficient (Wildman–Crippen LogP) is 5.10. The van der Waals surface area contributed by atoms with Crippen LogP contribution in [0.25, 0.3) is 10.9 Å². The summed E-state index contributed by atoms with van der Waals surface area (Å²) >= 11 is 6.33. The van der Waals surface area contributed by atoms with Crippen LogP contribution < -0.4 is 0 Å². The Hall–Kier alpha value is -1.88. The summed E-state index contributed by atoms with van der Waals surface area (Å²) < 4.78 is 18.8. The molecule has 2 heterocycles. The number of nitrogens with zero attached hydrogens (tertiary/aromatic N) is 2. The average Bonchev–Trinajstić information content (AvgIpc) is 2.94. The standard InChI is InChI=1S/C18H20ClFN2O2/c1-18(2,3)24-17(23)22-8-4-5-15(22)13-9-11-6-7-12(20)10-14(11)21-16(13)19/h6-7,9-10,15H,4-5,8H2,1-3H3. The molecule has 0 bridgehead atoms. The maximum atomic E-state index is 13.3. The van der Waals surface area contributed by atoms with Crippen molar-refractivity contribution in [3.63, 3.8) is 0 Å². The van der Waals surface area contributed by atoms with Gasteiger partial charge in [0.1, 0.15) is 16.6 Å². The van der Waals surface area contributed by atoms with E-state index in [1.807, 2.05) is 26.8 Å². The van der Waals surface area contributed by atoms with Crippen molar-refractivity contribution < 1.29 is 13.9 Å². The van der Waals surface area contributed by atoms with Crippen molar-refractivity contribution in [2.45, 2.75) is 45.3 Å². The first kappa shape index (κ1) is 17.0. The Kier molecular flexibility index (Phi) is 4.38. The molecule has 0 aliphatic carbocycles.